The number of carbonyl (C=O) groups excluding carboxylic acids is 2. The highest BCUT2D eigenvalue weighted by atomic mass is 32.7. The van der Waals surface area contributed by atoms with E-state index < -0.39 is 145 Å². The Morgan fingerprint density at radius 2 is 1.11 bits per heavy atom. The number of nitrogens with one attached hydrogen (secondary N) is 4. The number of aromatic amines is 1. The summed E-state index contributed by atoms with van der Waals surface area (Å²) >= 11 is 1.02. The molecule has 0 aliphatic carbocycles. The molecular weight excluding hydrogens is 1590 g/mol. The summed E-state index contributed by atoms with van der Waals surface area (Å²) in [6, 6.07) is 44.9. The van der Waals surface area contributed by atoms with Gasteiger partial charge in [-0.2, -0.15) is 38.6 Å². The molecule has 36 nitrogen and oxygen atoms in total. The summed E-state index contributed by atoms with van der Waals surface area (Å²) in [6.45, 7) is 2.03. The van der Waals surface area contributed by atoms with Gasteiger partial charge in [0.15, 0.2) is 65.1 Å². The van der Waals surface area contributed by atoms with Crippen LogP contribution in [0.3, 0.4) is 0 Å². The number of aliphatic hydroxyl groups is 3. The highest BCUT2D eigenvalue weighted by molar-refractivity contribution is 8.57. The minimum Gasteiger partial charge on any atom is -0.659 e. The first-order valence-corrected chi connectivity index (χ1v) is 43.1. The maximum absolute atomic E-state index is 16.3. The molecule has 3 aliphatic heterocycles. The molecule has 5 aromatic carbocycles. The zero-order valence-corrected chi connectivity index (χ0v) is 66.3. The summed E-state index contributed by atoms with van der Waals surface area (Å²) in [4.78, 5) is 128. The van der Waals surface area contributed by atoms with E-state index in [2.05, 4.69) is 50.8 Å². The summed E-state index contributed by atoms with van der Waals surface area (Å²) in [5.74, 6) is -0.611. The average molecular weight is 1670 g/mol. The number of imidazole rings is 2. The van der Waals surface area contributed by atoms with Crippen molar-refractivity contribution in [1.29, 1.82) is 10.5 Å². The topological polar surface area (TPSA) is 491 Å². The molecule has 0 spiro atoms. The second kappa shape index (κ2) is 37.7. The highest BCUT2D eigenvalue weighted by Crippen LogP contribution is 2.69. The Hall–Kier alpha value is -9.41. The van der Waals surface area contributed by atoms with Gasteiger partial charge in [0, 0.05) is 48.2 Å². The summed E-state index contributed by atoms with van der Waals surface area (Å²) in [5.41, 5.74) is -1.16. The Labute approximate surface area is 667 Å². The fraction of sp³-hybridized carbons (Fsp3) is 0.351. The largest absolute Gasteiger partial charge is 0.659 e. The molecule has 3 aliphatic rings. The number of carbonyl (C=O) groups is 2. The van der Waals surface area contributed by atoms with E-state index in [1.807, 2.05) is 56.3 Å². The number of anilines is 3. The Bertz CT molecular complexity index is 5160. The summed E-state index contributed by atoms with van der Waals surface area (Å²) in [7, 11) is -8.94. The van der Waals surface area contributed by atoms with Crippen molar-refractivity contribution in [3.8, 4) is 23.6 Å². The van der Waals surface area contributed by atoms with Gasteiger partial charge in [-0.05, 0) is 77.2 Å². The van der Waals surface area contributed by atoms with Gasteiger partial charge in [-0.25, -0.2) is 29.3 Å². The van der Waals surface area contributed by atoms with Crippen LogP contribution in [0.15, 0.2) is 180 Å². The number of fused-ring (bicyclic) bond motifs is 2. The lowest BCUT2D eigenvalue weighted by atomic mass is 9.80. The number of ether oxygens (including phenoxy) is 6. The normalized spacial score (nSPS) is 22.6. The third-order valence-electron chi connectivity index (χ3n) is 18.7. The molecule has 0 bridgehead atoms. The quantitative estimate of drug-likeness (QED) is 0.0140. The molecule has 3 saturated heterocycles. The Morgan fingerprint density at radius 1 is 0.626 bits per heavy atom. The molecule has 8 heterocycles. The molecule has 7 N–H and O–H groups in total. The maximum Gasteiger partial charge on any atom is 0.351 e. The maximum atomic E-state index is 16.3. The van der Waals surface area contributed by atoms with Gasteiger partial charge < -0.3 is 74.4 Å². The second-order valence-corrected chi connectivity index (χ2v) is 35.2. The molecule has 3 unspecified atom stereocenters. The summed E-state index contributed by atoms with van der Waals surface area (Å²) in [6.07, 6.45) is -16.2. The van der Waals surface area contributed by atoms with Crippen LogP contribution in [-0.4, -0.2) is 183 Å². The van der Waals surface area contributed by atoms with Crippen LogP contribution < -0.4 is 51.4 Å². The molecule has 115 heavy (non-hydrogen) atoms. The van der Waals surface area contributed by atoms with Crippen molar-refractivity contribution in [1.82, 2.24) is 48.6 Å². The smallest absolute Gasteiger partial charge is 0.351 e. The fourth-order valence-electron chi connectivity index (χ4n) is 13.1. The molecule has 13 rings (SSSR count). The predicted octanol–water partition coefficient (Wildman–Crippen LogP) is 5.75. The van der Waals surface area contributed by atoms with Gasteiger partial charge in [0.25, 0.3) is 31.7 Å². The van der Waals surface area contributed by atoms with Gasteiger partial charge in [0.1, 0.15) is 79.1 Å². The van der Waals surface area contributed by atoms with E-state index in [-0.39, 0.29) is 81.3 Å². The van der Waals surface area contributed by atoms with Crippen LogP contribution in [0.25, 0.3) is 22.3 Å². The first-order chi connectivity index (χ1) is 55.7. The van der Waals surface area contributed by atoms with Gasteiger partial charge in [-0.3, -0.25) is 33.1 Å². The van der Waals surface area contributed by atoms with Gasteiger partial charge in [-0.1, -0.05) is 105 Å². The first-order valence-electron chi connectivity index (χ1n) is 35.9. The third-order valence-corrected chi connectivity index (χ3v) is 26.6. The van der Waals surface area contributed by atoms with Crippen LogP contribution in [0.5, 0.6) is 11.5 Å². The predicted molar refractivity (Wildman–Crippen MR) is 418 cm³/mol. The lowest BCUT2D eigenvalue weighted by Gasteiger charge is -2.37. The number of methoxy groups -OCH3 is 2. The molecule has 10 aromatic rings. The lowest BCUT2D eigenvalue weighted by molar-refractivity contribution is -0.224. The molecule has 15 atom stereocenters. The SMILES string of the molecule is COc1ccc(C(OC[C@H]2O[C@@H](n3ccc(NC(=O)c4ccccc4)nc3=O)[C@H](O)[C@@H]2O[P+]([O-])(OC[C@H]2O[C@@H](n3cnc4c(NC(=O)c5ccccc5)ncnc43)[C@H](O)[C@@H]2O[P+]([O-])(OC[C@H]2O[C@@H](n3cnc4c(=O)[nH]c(NCC(C)C)nc43)[C@H](O)[C@@H]2O[PH2+][O-])SCCC#N)SCCC#N)(c2ccccc2)c2ccc(OC)cc2)cc1. The third kappa shape index (κ3) is 18.9. The molecule has 2 amide bonds. The van der Waals surface area contributed by atoms with E-state index in [0.717, 1.165) is 10.9 Å². The van der Waals surface area contributed by atoms with Gasteiger partial charge in [0.05, 0.1) is 77.4 Å². The van der Waals surface area contributed by atoms with Crippen LogP contribution in [0, 0.1) is 28.6 Å². The molecule has 0 radical (unpaired) electrons. The van der Waals surface area contributed by atoms with E-state index in [0.29, 0.717) is 57.5 Å². The standard InChI is InChI=1S/C74H78N15O21P3S2/c1-43(2)36-77-72-85-65-56(68(95)86-72)81-42-89(65)70-57(90)60(108-111-97)52(106-70)38-103-112(98,114-34-14-31-75)110-62-53(107-71(59(62)92)88-41-80-55-63(78-40-79-64(55)88)84-67(94)45-18-10-6-11-19-45)39-104-113(99,115-35-15-32-76)109-61-51(105-69(58(61)91)87-33-30-54(83-73(87)96)82-66(93)44-16-8-5-9-17-44)37-102-74(46-20-12-7-13-21-46,47-22-26-49(100-3)27-23-47)48-24-28-50(101-4)29-25-48/h5-13,16-30,33,40-43,51-53,57-62,69-71,90-92H,14-15,34-39,111H2,1-4H3,(H2,77,85,86,95)(H,78,79,84,94)(H,82,83,93,96)/t51-,52-,53-,57-,58-,59-,60-,61-,62-,69-,70-,71-,112?,113?/m1/s1. The van der Waals surface area contributed by atoms with Crippen LogP contribution in [0.1, 0.15) is 82.8 Å². The number of nitriles is 2. The van der Waals surface area contributed by atoms with Crippen molar-refractivity contribution < 1.29 is 90.6 Å². The van der Waals surface area contributed by atoms with E-state index >= 15 is 9.79 Å². The molecular formula is C74H78N15O21P3S2. The van der Waals surface area contributed by atoms with E-state index in [9.17, 15) is 49.9 Å². The minimum atomic E-state index is -5.01. The zero-order chi connectivity index (χ0) is 81.0. The van der Waals surface area contributed by atoms with Crippen molar-refractivity contribution in [3.63, 3.8) is 0 Å². The number of H-pyrrole nitrogens is 1. The summed E-state index contributed by atoms with van der Waals surface area (Å²) < 4.78 is 72.9. The van der Waals surface area contributed by atoms with E-state index in [1.165, 1.54) is 48.3 Å². The number of hydrogen-bond donors (Lipinski definition) is 7. The Kier molecular flexibility index (Phi) is 27.4. The number of aliphatic hydroxyl groups excluding tert-OH is 3. The minimum absolute atomic E-state index is 0.00265. The zero-order valence-electron chi connectivity index (χ0n) is 61.7. The second-order valence-electron chi connectivity index (χ2n) is 26.5. The molecule has 602 valence electrons. The van der Waals surface area contributed by atoms with Gasteiger partial charge >= 0.3 is 5.69 Å². The monoisotopic (exact) mass is 1670 g/mol. The van der Waals surface area contributed by atoms with Crippen molar-refractivity contribution in [2.24, 2.45) is 5.92 Å². The Balaban J connectivity index is 0.853. The van der Waals surface area contributed by atoms with Crippen LogP contribution in [-0.2, 0) is 47.2 Å². The number of benzene rings is 5. The van der Waals surface area contributed by atoms with Crippen molar-refractivity contribution >= 4 is 97.8 Å². The lowest BCUT2D eigenvalue weighted by Crippen LogP contribution is -2.42. The average Bonchev–Trinajstić information content (AvgIpc) is 1.75. The van der Waals surface area contributed by atoms with Crippen LogP contribution >= 0.6 is 46.1 Å². The first kappa shape index (κ1) is 83.5. The number of rotatable bonds is 36. The van der Waals surface area contributed by atoms with E-state index in [1.54, 1.807) is 109 Å². The van der Waals surface area contributed by atoms with Gasteiger partial charge in [-0.15, -0.1) is 0 Å². The molecule has 5 aromatic heterocycles. The number of amides is 2. The number of aromatic nitrogens is 10. The molecule has 0 saturated carbocycles. The van der Waals surface area contributed by atoms with E-state index in [4.69, 9.17) is 51.0 Å². The fourth-order valence-corrected chi connectivity index (χ4v) is 20.2. The molecule has 3 fully saturated rings. The van der Waals surface area contributed by atoms with Crippen molar-refractivity contribution in [3.05, 3.63) is 219 Å². The van der Waals surface area contributed by atoms with Crippen LogP contribution in [0.2, 0.25) is 0 Å². The van der Waals surface area contributed by atoms with Gasteiger partial charge in [0.2, 0.25) is 5.95 Å². The molecule has 41 heteroatoms. The highest BCUT2D eigenvalue weighted by Gasteiger charge is 2.58. The van der Waals surface area contributed by atoms with Crippen molar-refractivity contribution in [2.75, 3.05) is 68.0 Å². The van der Waals surface area contributed by atoms with Crippen molar-refractivity contribution in [2.45, 2.75) is 106 Å². The number of nitrogens with zero attached hydrogens (tertiary/aromatic N) is 11. The Morgan fingerprint density at radius 3 is 1.63 bits per heavy atom. The van der Waals surface area contributed by atoms with Crippen LogP contribution in [0.4, 0.5) is 17.6 Å². The summed E-state index contributed by atoms with van der Waals surface area (Å²) in [5, 5.41) is 65.9. The number of hydrogen-bond acceptors (Lipinski definition) is 32.